The second-order valence-electron chi connectivity index (χ2n) is 35.5. The molecule has 2 heterocycles. The summed E-state index contributed by atoms with van der Waals surface area (Å²) in [4.78, 5) is 29.3. The third-order valence-corrected chi connectivity index (χ3v) is 28.1. The zero-order valence-corrected chi connectivity index (χ0v) is 70.4. The van der Waals surface area contributed by atoms with Gasteiger partial charge in [-0.05, 0) is 242 Å². The summed E-state index contributed by atoms with van der Waals surface area (Å²) in [6, 6.07) is 132. The van der Waals surface area contributed by atoms with Crippen LogP contribution in [0.1, 0.15) is 110 Å². The third-order valence-electron chi connectivity index (χ3n) is 27.5. The van der Waals surface area contributed by atoms with E-state index in [-0.39, 0.29) is 10.8 Å². The first-order valence-corrected chi connectivity index (χ1v) is 44.2. The molecule has 8 bridgehead atoms. The van der Waals surface area contributed by atoms with Gasteiger partial charge in [-0.3, -0.25) is 0 Å². The lowest BCUT2D eigenvalue weighted by atomic mass is 9.41. The first kappa shape index (κ1) is 79.0. The molecule has 0 amide bonds. The lowest BCUT2D eigenvalue weighted by Crippen LogP contribution is -2.55. The maximum Gasteiger partial charge on any atom is 0.488 e. The van der Waals surface area contributed by atoms with E-state index in [2.05, 4.69) is 228 Å². The Balaban J connectivity index is 0.000000141. The van der Waals surface area contributed by atoms with Gasteiger partial charge in [-0.2, -0.15) is 10.5 Å². The van der Waals surface area contributed by atoms with E-state index in [0.717, 1.165) is 68.2 Å². The van der Waals surface area contributed by atoms with Crippen molar-refractivity contribution in [3.63, 3.8) is 0 Å². The normalized spacial score (nSPS) is 20.9. The summed E-state index contributed by atoms with van der Waals surface area (Å²) >= 11 is 3.67. The Morgan fingerprint density at radius 2 is 0.427 bits per heavy atom. The van der Waals surface area contributed by atoms with E-state index in [9.17, 15) is 5.26 Å². The maximum atomic E-state index is 9.23. The highest BCUT2D eigenvalue weighted by Gasteiger charge is 2.60. The number of benzene rings is 14. The highest BCUT2D eigenvalue weighted by Crippen LogP contribution is 2.68. The Bertz CT molecular complexity index is 6430. The van der Waals surface area contributed by atoms with E-state index in [0.29, 0.717) is 62.4 Å². The molecule has 4 atom stereocenters. The van der Waals surface area contributed by atoms with Gasteiger partial charge in [0, 0.05) is 37.9 Å². The Morgan fingerprint density at radius 3 is 0.645 bits per heavy atom. The summed E-state index contributed by atoms with van der Waals surface area (Å²) in [5.41, 5.74) is 26.8. The molecule has 8 saturated carbocycles. The minimum absolute atomic E-state index is 0.248. The zero-order chi connectivity index (χ0) is 83.8. The number of nitrogens with zero attached hydrogens (tertiary/aromatic N) is 8. The first-order chi connectivity index (χ1) is 60.8. The molecule has 0 spiro atoms. The van der Waals surface area contributed by atoms with E-state index in [1.165, 1.54) is 161 Å². The highest BCUT2D eigenvalue weighted by molar-refractivity contribution is 9.10. The van der Waals surface area contributed by atoms with Gasteiger partial charge in [-0.25, -0.2) is 29.9 Å². The molecule has 0 aliphatic heterocycles. The SMILES string of the molecule is Brc1ccc(C23CC4CC(C2)CC(c2ccc(-c5ccc(-c6ccc(-c7nc(-c8ccccc8)nc(-c8ccccc8)n7)cc6)cc5)cc2)(C4)C3)cc1.N#Cc1ccc(-c2ccc(C34CC5CC(C3)CC(c3ccc(-c6ccc(-c7ccc(-c8nc(-c9ccccc9)nc(-c9ccccc9)n8)cc7)cc6)cc3)(C5)C4)cc2)cc1.N#Cc1ccc(B(O)O)cc1. The molecule has 10 nitrogen and oxygen atoms in total. The van der Waals surface area contributed by atoms with Crippen LogP contribution in [0.5, 0.6) is 0 Å². The second kappa shape index (κ2) is 33.8. The Hall–Kier alpha value is -13.5. The largest absolute Gasteiger partial charge is 0.488 e. The Kier molecular flexibility index (Phi) is 21.5. The van der Waals surface area contributed by atoms with Crippen LogP contribution in [0.4, 0.5) is 0 Å². The van der Waals surface area contributed by atoms with Gasteiger partial charge in [0.2, 0.25) is 0 Å². The lowest BCUT2D eigenvalue weighted by Gasteiger charge is -2.63. The molecule has 14 aromatic carbocycles. The Morgan fingerprint density at radius 1 is 0.242 bits per heavy atom. The van der Waals surface area contributed by atoms with Gasteiger partial charge in [0.1, 0.15) is 0 Å². The average molecular weight is 1670 g/mol. The minimum Gasteiger partial charge on any atom is -0.423 e. The Labute approximate surface area is 734 Å². The number of aromatic nitrogens is 6. The van der Waals surface area contributed by atoms with Crippen LogP contribution < -0.4 is 5.46 Å². The molecule has 8 aliphatic carbocycles. The van der Waals surface area contributed by atoms with Gasteiger partial charge in [-0.15, -0.1) is 0 Å². The van der Waals surface area contributed by atoms with E-state index in [1.807, 2.05) is 140 Å². The monoisotopic (exact) mass is 1670 g/mol. The van der Waals surface area contributed by atoms with E-state index >= 15 is 0 Å². The summed E-state index contributed by atoms with van der Waals surface area (Å²) < 4.78 is 1.17. The molecule has 16 aromatic rings. The average Bonchev–Trinajstić information content (AvgIpc) is 0.708. The summed E-state index contributed by atoms with van der Waals surface area (Å²) in [6.45, 7) is 0. The number of halogens is 1. The van der Waals surface area contributed by atoms with E-state index < -0.39 is 7.12 Å². The molecule has 2 N–H and O–H groups in total. The molecule has 2 aromatic heterocycles. The summed E-state index contributed by atoms with van der Waals surface area (Å²) in [5.74, 6) is 7.27. The smallest absolute Gasteiger partial charge is 0.423 e. The van der Waals surface area contributed by atoms with Crippen molar-refractivity contribution in [2.24, 2.45) is 23.7 Å². The molecule has 4 unspecified atom stereocenters. The maximum absolute atomic E-state index is 9.23. The zero-order valence-electron chi connectivity index (χ0n) is 68.9. The van der Waals surface area contributed by atoms with Gasteiger partial charge >= 0.3 is 7.12 Å². The summed E-state index contributed by atoms with van der Waals surface area (Å²) in [6.07, 6.45) is 16.0. The van der Waals surface area contributed by atoms with Crippen molar-refractivity contribution in [1.29, 1.82) is 10.5 Å². The summed E-state index contributed by atoms with van der Waals surface area (Å²) in [5, 5.41) is 34.9. The molecular weight excluding hydrogens is 1580 g/mol. The van der Waals surface area contributed by atoms with Crippen LogP contribution in [0.15, 0.2) is 368 Å². The van der Waals surface area contributed by atoms with Crippen molar-refractivity contribution in [3.8, 4) is 136 Å². The van der Waals surface area contributed by atoms with Crippen molar-refractivity contribution in [3.05, 3.63) is 402 Å². The quantitative estimate of drug-likeness (QED) is 0.0890. The molecule has 8 fully saturated rings. The standard InChI is InChI=1S/C56H44N4.C49H40BrN3.C7H6BNO2/c57-36-38-11-13-41(14-12-38)45-23-27-50(28-24-45)55-32-39-31-40(33-55)35-56(34-39,37-55)51-29-25-46(26-30-51)43-17-15-42(16-18-43)44-19-21-49(22-20-44)54-59-52(47-7-3-1-4-8-47)58-53(60-54)48-9-5-2-6-10-48;50-44-25-23-43(24-26-44)49-30-33-27-34(31-49)29-48(28-33,32-49)42-21-19-38(20-22-42)36-13-11-35(12-14-36)37-15-17-41(18-16-37)47-52-45(39-7-3-1-4-8-39)51-46(53-47)40-9-5-2-6-10-40;9-5-6-1-3-7(4-2-6)8(10)11/h1-30,39-40H,31-35,37H2;1-26,33-34H,27-32H2;1-4,10-11H. The van der Waals surface area contributed by atoms with Crippen molar-refractivity contribution in [2.75, 3.05) is 0 Å². The fourth-order valence-electron chi connectivity index (χ4n) is 22.4. The van der Waals surface area contributed by atoms with Crippen molar-refractivity contribution >= 4 is 28.5 Å². The molecule has 0 radical (unpaired) electrons. The molecule has 8 aliphatic rings. The van der Waals surface area contributed by atoms with Gasteiger partial charge in [-0.1, -0.05) is 344 Å². The number of rotatable bonds is 16. The van der Waals surface area contributed by atoms with E-state index in [4.69, 9.17) is 45.2 Å². The molecular formula is C112H90BBrN8O2. The topological polar surface area (TPSA) is 165 Å². The molecule has 600 valence electrons. The fraction of sp³-hybridized carbons (Fsp3) is 0.179. The second-order valence-corrected chi connectivity index (χ2v) is 36.4. The predicted molar refractivity (Wildman–Crippen MR) is 502 cm³/mol. The van der Waals surface area contributed by atoms with Gasteiger partial charge in [0.05, 0.1) is 23.3 Å². The molecule has 124 heavy (non-hydrogen) atoms. The van der Waals surface area contributed by atoms with Crippen LogP contribution >= 0.6 is 15.9 Å². The van der Waals surface area contributed by atoms with Gasteiger partial charge in [0.15, 0.2) is 34.9 Å². The molecule has 12 heteroatoms. The van der Waals surface area contributed by atoms with Crippen molar-refractivity contribution in [1.82, 2.24) is 29.9 Å². The van der Waals surface area contributed by atoms with E-state index in [1.54, 1.807) is 11.1 Å². The van der Waals surface area contributed by atoms with Gasteiger partial charge < -0.3 is 10.0 Å². The number of nitriles is 2. The number of hydrogen-bond donors (Lipinski definition) is 2. The molecule has 24 rings (SSSR count). The molecule has 0 saturated heterocycles. The van der Waals surface area contributed by atoms with Crippen LogP contribution in [0.3, 0.4) is 0 Å². The lowest BCUT2D eigenvalue weighted by molar-refractivity contribution is -0.0282. The van der Waals surface area contributed by atoms with Crippen LogP contribution in [0.2, 0.25) is 0 Å². The highest BCUT2D eigenvalue weighted by atomic mass is 79.9. The first-order valence-electron chi connectivity index (χ1n) is 43.4. The van der Waals surface area contributed by atoms with Crippen molar-refractivity contribution < 1.29 is 10.0 Å². The van der Waals surface area contributed by atoms with Crippen LogP contribution in [0, 0.1) is 46.3 Å². The predicted octanol–water partition coefficient (Wildman–Crippen LogP) is 25.5. The van der Waals surface area contributed by atoms with Crippen LogP contribution in [-0.2, 0) is 21.7 Å². The van der Waals surface area contributed by atoms with Crippen molar-refractivity contribution in [2.45, 2.75) is 98.7 Å². The number of hydrogen-bond acceptors (Lipinski definition) is 10. The van der Waals surface area contributed by atoms with Gasteiger partial charge in [0.25, 0.3) is 0 Å². The summed E-state index contributed by atoms with van der Waals surface area (Å²) in [7, 11) is -1.46. The minimum atomic E-state index is -1.46. The van der Waals surface area contributed by atoms with Crippen LogP contribution in [0.25, 0.3) is 124 Å². The van der Waals surface area contributed by atoms with Crippen LogP contribution in [-0.4, -0.2) is 47.1 Å². The third kappa shape index (κ3) is 16.2. The fourth-order valence-corrected chi connectivity index (χ4v) is 22.7.